The molecule has 14 heavy (non-hydrogen) atoms. The van der Waals surface area contributed by atoms with Crippen LogP contribution < -0.4 is 4.74 Å². The maximum Gasteiger partial charge on any atom is 0.134 e. The summed E-state index contributed by atoms with van der Waals surface area (Å²) in [7, 11) is 1.65. The molecule has 0 radical (unpaired) electrons. The fourth-order valence-electron chi connectivity index (χ4n) is 1.33. The van der Waals surface area contributed by atoms with Crippen molar-refractivity contribution in [2.24, 2.45) is 0 Å². The second kappa shape index (κ2) is 3.88. The SMILES string of the molecule is COc1cc2sc(CO)cc2cc1Br. The van der Waals surface area contributed by atoms with E-state index < -0.39 is 0 Å². The minimum absolute atomic E-state index is 0.0965. The fraction of sp³-hybridized carbons (Fsp3) is 0.200. The van der Waals surface area contributed by atoms with Crippen LogP contribution in [-0.4, -0.2) is 12.2 Å². The summed E-state index contributed by atoms with van der Waals surface area (Å²) in [6.45, 7) is 0.0965. The van der Waals surface area contributed by atoms with E-state index in [9.17, 15) is 0 Å². The number of ether oxygens (including phenoxy) is 1. The van der Waals surface area contributed by atoms with Gasteiger partial charge >= 0.3 is 0 Å². The Hall–Kier alpha value is -0.580. The summed E-state index contributed by atoms with van der Waals surface area (Å²) in [4.78, 5) is 0.972. The minimum atomic E-state index is 0.0965. The van der Waals surface area contributed by atoms with E-state index in [1.165, 1.54) is 0 Å². The van der Waals surface area contributed by atoms with Crippen molar-refractivity contribution in [1.82, 2.24) is 0 Å². The van der Waals surface area contributed by atoms with Crippen molar-refractivity contribution >= 4 is 37.4 Å². The van der Waals surface area contributed by atoms with Gasteiger partial charge in [0, 0.05) is 9.58 Å². The van der Waals surface area contributed by atoms with E-state index in [2.05, 4.69) is 15.9 Å². The Labute approximate surface area is 94.3 Å². The molecular weight excluding hydrogens is 264 g/mol. The number of benzene rings is 1. The molecule has 0 aliphatic rings. The summed E-state index contributed by atoms with van der Waals surface area (Å²) in [6.07, 6.45) is 0. The number of aliphatic hydroxyl groups excluding tert-OH is 1. The van der Waals surface area contributed by atoms with Crippen LogP contribution in [0.3, 0.4) is 0 Å². The maximum absolute atomic E-state index is 9.00. The van der Waals surface area contributed by atoms with Crippen LogP contribution in [0.1, 0.15) is 4.88 Å². The maximum atomic E-state index is 9.00. The van der Waals surface area contributed by atoms with Crippen LogP contribution in [0.4, 0.5) is 0 Å². The Morgan fingerprint density at radius 2 is 2.21 bits per heavy atom. The summed E-state index contributed by atoms with van der Waals surface area (Å²) in [5, 5.41) is 10.1. The second-order valence-corrected chi connectivity index (χ2v) is 4.92. The van der Waals surface area contributed by atoms with Gasteiger partial charge < -0.3 is 9.84 Å². The van der Waals surface area contributed by atoms with Gasteiger partial charge in [-0.2, -0.15) is 0 Å². The summed E-state index contributed by atoms with van der Waals surface area (Å²) >= 11 is 5.01. The molecule has 1 N–H and O–H groups in total. The third kappa shape index (κ3) is 1.65. The lowest BCUT2D eigenvalue weighted by atomic mass is 10.2. The van der Waals surface area contributed by atoms with E-state index in [1.807, 2.05) is 18.2 Å². The van der Waals surface area contributed by atoms with Crippen LogP contribution >= 0.6 is 27.3 Å². The number of methoxy groups -OCH3 is 1. The van der Waals surface area contributed by atoms with Gasteiger partial charge in [-0.05, 0) is 39.5 Å². The molecule has 0 fully saturated rings. The summed E-state index contributed by atoms with van der Waals surface area (Å²) in [5.41, 5.74) is 0. The smallest absolute Gasteiger partial charge is 0.134 e. The quantitative estimate of drug-likeness (QED) is 0.910. The highest BCUT2D eigenvalue weighted by Gasteiger charge is 2.06. The molecule has 0 unspecified atom stereocenters. The summed E-state index contributed by atoms with van der Waals surface area (Å²) in [5.74, 6) is 0.823. The normalized spacial score (nSPS) is 10.8. The van der Waals surface area contributed by atoms with Crippen molar-refractivity contribution in [1.29, 1.82) is 0 Å². The number of halogens is 1. The van der Waals surface area contributed by atoms with Gasteiger partial charge in [0.25, 0.3) is 0 Å². The van der Waals surface area contributed by atoms with Crippen LogP contribution in [0, 0.1) is 0 Å². The third-order valence-corrected chi connectivity index (χ3v) is 3.70. The van der Waals surface area contributed by atoms with Crippen LogP contribution in [0.15, 0.2) is 22.7 Å². The van der Waals surface area contributed by atoms with Crippen LogP contribution in [0.2, 0.25) is 0 Å². The van der Waals surface area contributed by atoms with Gasteiger partial charge in [0.15, 0.2) is 0 Å². The topological polar surface area (TPSA) is 29.5 Å². The zero-order valence-corrected chi connectivity index (χ0v) is 9.98. The Bertz CT molecular complexity index is 464. The molecule has 0 aliphatic carbocycles. The van der Waals surface area contributed by atoms with Crippen LogP contribution in [-0.2, 0) is 6.61 Å². The molecular formula is C10H9BrO2S. The molecule has 2 aromatic rings. The van der Waals surface area contributed by atoms with Crippen molar-refractivity contribution in [3.05, 3.63) is 27.5 Å². The van der Waals surface area contributed by atoms with Crippen molar-refractivity contribution < 1.29 is 9.84 Å². The monoisotopic (exact) mass is 272 g/mol. The molecule has 2 rings (SSSR count). The predicted molar refractivity (Wildman–Crippen MR) is 62.0 cm³/mol. The predicted octanol–water partition coefficient (Wildman–Crippen LogP) is 3.16. The standard InChI is InChI=1S/C10H9BrO2S/c1-13-9-4-10-6(3-8(9)11)2-7(5-12)14-10/h2-4,12H,5H2,1H3. The van der Waals surface area contributed by atoms with E-state index in [0.29, 0.717) is 0 Å². The van der Waals surface area contributed by atoms with Gasteiger partial charge in [-0.3, -0.25) is 0 Å². The number of hydrogen-bond donors (Lipinski definition) is 1. The lowest BCUT2D eigenvalue weighted by molar-refractivity contribution is 0.285. The molecule has 1 aromatic heterocycles. The van der Waals surface area contributed by atoms with Gasteiger partial charge in [-0.25, -0.2) is 0 Å². The lowest BCUT2D eigenvalue weighted by Crippen LogP contribution is -1.82. The van der Waals surface area contributed by atoms with Gasteiger partial charge in [0.2, 0.25) is 0 Å². The van der Waals surface area contributed by atoms with E-state index in [1.54, 1.807) is 18.4 Å². The fourth-order valence-corrected chi connectivity index (χ4v) is 2.79. The zero-order chi connectivity index (χ0) is 10.1. The Morgan fingerprint density at radius 3 is 2.86 bits per heavy atom. The Balaban J connectivity index is 2.64. The van der Waals surface area contributed by atoms with Gasteiger partial charge in [0.05, 0.1) is 18.2 Å². The molecule has 0 bridgehead atoms. The number of aliphatic hydroxyl groups is 1. The molecule has 1 heterocycles. The highest BCUT2D eigenvalue weighted by atomic mass is 79.9. The molecule has 0 spiro atoms. The molecule has 0 saturated heterocycles. The second-order valence-electron chi connectivity index (χ2n) is 2.90. The number of rotatable bonds is 2. The van der Waals surface area contributed by atoms with Crippen molar-refractivity contribution in [2.75, 3.05) is 7.11 Å². The summed E-state index contributed by atoms with van der Waals surface area (Å²) in [6, 6.07) is 5.97. The molecule has 0 saturated carbocycles. The Kier molecular flexibility index (Phi) is 2.76. The minimum Gasteiger partial charge on any atom is -0.496 e. The highest BCUT2D eigenvalue weighted by molar-refractivity contribution is 9.10. The van der Waals surface area contributed by atoms with Crippen molar-refractivity contribution in [3.63, 3.8) is 0 Å². The van der Waals surface area contributed by atoms with Gasteiger partial charge in [0.1, 0.15) is 5.75 Å². The van der Waals surface area contributed by atoms with Gasteiger partial charge in [-0.1, -0.05) is 0 Å². The van der Waals surface area contributed by atoms with E-state index in [4.69, 9.17) is 9.84 Å². The molecule has 74 valence electrons. The third-order valence-electron chi connectivity index (χ3n) is 2.00. The highest BCUT2D eigenvalue weighted by Crippen LogP contribution is 2.34. The van der Waals surface area contributed by atoms with Crippen LogP contribution in [0.5, 0.6) is 5.75 Å². The number of hydrogen-bond acceptors (Lipinski definition) is 3. The zero-order valence-electron chi connectivity index (χ0n) is 7.58. The molecule has 0 amide bonds. The average molecular weight is 273 g/mol. The molecule has 2 nitrogen and oxygen atoms in total. The van der Waals surface area contributed by atoms with E-state index in [-0.39, 0.29) is 6.61 Å². The number of fused-ring (bicyclic) bond motifs is 1. The first-order chi connectivity index (χ1) is 6.74. The van der Waals surface area contributed by atoms with Gasteiger partial charge in [-0.15, -0.1) is 11.3 Å². The Morgan fingerprint density at radius 1 is 1.43 bits per heavy atom. The first-order valence-electron chi connectivity index (χ1n) is 4.11. The van der Waals surface area contributed by atoms with E-state index >= 15 is 0 Å². The first kappa shape index (κ1) is 9.96. The average Bonchev–Trinajstić information content (AvgIpc) is 2.58. The largest absolute Gasteiger partial charge is 0.496 e. The summed E-state index contributed by atoms with van der Waals surface area (Å²) < 4.78 is 7.27. The van der Waals surface area contributed by atoms with Crippen molar-refractivity contribution in [2.45, 2.75) is 6.61 Å². The number of thiophene rings is 1. The first-order valence-corrected chi connectivity index (χ1v) is 5.72. The molecule has 4 heteroatoms. The van der Waals surface area contributed by atoms with Crippen molar-refractivity contribution in [3.8, 4) is 5.75 Å². The molecule has 0 aliphatic heterocycles. The molecule has 1 aromatic carbocycles. The lowest BCUT2D eigenvalue weighted by Gasteiger charge is -2.01. The molecule has 0 atom stereocenters. The van der Waals surface area contributed by atoms with Crippen LogP contribution in [0.25, 0.3) is 10.1 Å². The van der Waals surface area contributed by atoms with E-state index in [0.717, 1.165) is 25.2 Å².